The van der Waals surface area contributed by atoms with E-state index in [0.717, 1.165) is 11.8 Å². The normalized spacial score (nSPS) is 28.1. The van der Waals surface area contributed by atoms with Gasteiger partial charge in [-0.15, -0.1) is 0 Å². The van der Waals surface area contributed by atoms with Crippen LogP contribution in [0.2, 0.25) is 0 Å². The average Bonchev–Trinajstić information content (AvgIpc) is 2.35. The fourth-order valence-corrected chi connectivity index (χ4v) is 3.23. The number of para-hydroxylation sites is 1. The van der Waals surface area contributed by atoms with Crippen molar-refractivity contribution in [3.8, 4) is 0 Å². The van der Waals surface area contributed by atoms with Crippen molar-refractivity contribution in [1.82, 2.24) is 0 Å². The van der Waals surface area contributed by atoms with Gasteiger partial charge < -0.3 is 5.32 Å². The van der Waals surface area contributed by atoms with Crippen LogP contribution in [0.15, 0.2) is 24.3 Å². The number of anilines is 1. The summed E-state index contributed by atoms with van der Waals surface area (Å²) in [6, 6.07) is 9.48. The van der Waals surface area contributed by atoms with Gasteiger partial charge in [0, 0.05) is 11.7 Å². The van der Waals surface area contributed by atoms with Crippen molar-refractivity contribution in [2.24, 2.45) is 11.8 Å². The summed E-state index contributed by atoms with van der Waals surface area (Å²) in [5.74, 6) is 1.70. The van der Waals surface area contributed by atoms with Crippen molar-refractivity contribution in [3.63, 3.8) is 0 Å². The van der Waals surface area contributed by atoms with Crippen LogP contribution in [0.5, 0.6) is 0 Å². The van der Waals surface area contributed by atoms with E-state index in [1.165, 1.54) is 43.4 Å². The van der Waals surface area contributed by atoms with E-state index in [9.17, 15) is 0 Å². The summed E-state index contributed by atoms with van der Waals surface area (Å²) in [4.78, 5) is 0. The van der Waals surface area contributed by atoms with Gasteiger partial charge in [-0.3, -0.25) is 0 Å². The molecule has 18 heavy (non-hydrogen) atoms. The first kappa shape index (κ1) is 13.5. The molecule has 1 aliphatic rings. The van der Waals surface area contributed by atoms with E-state index in [-0.39, 0.29) is 0 Å². The van der Waals surface area contributed by atoms with Crippen molar-refractivity contribution in [2.75, 3.05) is 5.32 Å². The summed E-state index contributed by atoms with van der Waals surface area (Å²) in [6.45, 7) is 7.04. The Morgan fingerprint density at radius 3 is 2.67 bits per heavy atom. The molecule has 1 aromatic rings. The number of rotatable bonds is 4. The average molecular weight is 245 g/mol. The molecule has 1 heteroatoms. The Morgan fingerprint density at radius 1 is 1.17 bits per heavy atom. The van der Waals surface area contributed by atoms with Crippen LogP contribution in [-0.2, 0) is 6.42 Å². The van der Waals surface area contributed by atoms with Gasteiger partial charge in [-0.1, -0.05) is 45.4 Å². The molecule has 0 bridgehead atoms. The lowest BCUT2D eigenvalue weighted by atomic mass is 9.79. The van der Waals surface area contributed by atoms with E-state index in [1.807, 2.05) is 0 Å². The highest BCUT2D eigenvalue weighted by Gasteiger charge is 2.25. The Balaban J connectivity index is 2.04. The molecule has 0 amide bonds. The van der Waals surface area contributed by atoms with Gasteiger partial charge in [0.1, 0.15) is 0 Å². The maximum atomic E-state index is 3.80. The molecule has 2 rings (SSSR count). The van der Waals surface area contributed by atoms with Gasteiger partial charge in [-0.2, -0.15) is 0 Å². The molecule has 0 aliphatic heterocycles. The molecule has 1 fully saturated rings. The Hall–Kier alpha value is -0.980. The first-order chi connectivity index (χ1) is 8.70. The molecule has 0 radical (unpaired) electrons. The van der Waals surface area contributed by atoms with Crippen molar-refractivity contribution in [2.45, 2.75) is 58.9 Å². The van der Waals surface area contributed by atoms with Crippen molar-refractivity contribution >= 4 is 5.69 Å². The number of hydrogen-bond donors (Lipinski definition) is 1. The van der Waals surface area contributed by atoms with E-state index in [0.29, 0.717) is 6.04 Å². The molecule has 1 aromatic carbocycles. The molecular formula is C17H27N. The van der Waals surface area contributed by atoms with Crippen molar-refractivity contribution < 1.29 is 0 Å². The predicted octanol–water partition coefficient (Wildman–Crippen LogP) is 4.88. The maximum absolute atomic E-state index is 3.80. The molecule has 0 saturated heterocycles. The van der Waals surface area contributed by atoms with Crippen LogP contribution in [0.1, 0.15) is 52.0 Å². The van der Waals surface area contributed by atoms with Crippen LogP contribution in [0.25, 0.3) is 0 Å². The van der Waals surface area contributed by atoms with Crippen LogP contribution in [-0.4, -0.2) is 6.04 Å². The quantitative estimate of drug-likeness (QED) is 0.797. The molecule has 1 N–H and O–H groups in total. The highest BCUT2D eigenvalue weighted by Crippen LogP contribution is 2.31. The molecule has 3 unspecified atom stereocenters. The minimum absolute atomic E-state index is 0.666. The van der Waals surface area contributed by atoms with E-state index in [4.69, 9.17) is 0 Å². The number of aryl methyl sites for hydroxylation is 1. The minimum Gasteiger partial charge on any atom is -0.382 e. The molecular weight excluding hydrogens is 218 g/mol. The second kappa shape index (κ2) is 6.26. The highest BCUT2D eigenvalue weighted by molar-refractivity contribution is 5.52. The third-order valence-electron chi connectivity index (χ3n) is 4.31. The zero-order valence-corrected chi connectivity index (χ0v) is 12.1. The van der Waals surface area contributed by atoms with Gasteiger partial charge in [0.15, 0.2) is 0 Å². The zero-order valence-electron chi connectivity index (χ0n) is 12.1. The molecule has 1 aliphatic carbocycles. The van der Waals surface area contributed by atoms with E-state index in [1.54, 1.807) is 0 Å². The lowest BCUT2D eigenvalue weighted by molar-refractivity contribution is 0.276. The second-order valence-electron chi connectivity index (χ2n) is 6.05. The van der Waals surface area contributed by atoms with Crippen LogP contribution in [0, 0.1) is 11.8 Å². The van der Waals surface area contributed by atoms with Gasteiger partial charge in [-0.25, -0.2) is 0 Å². The Bertz CT molecular complexity index is 372. The molecule has 1 nitrogen and oxygen atoms in total. The van der Waals surface area contributed by atoms with E-state index in [2.05, 4.69) is 50.4 Å². The molecule has 0 spiro atoms. The second-order valence-corrected chi connectivity index (χ2v) is 6.05. The van der Waals surface area contributed by atoms with Crippen molar-refractivity contribution in [3.05, 3.63) is 29.8 Å². The molecule has 3 atom stereocenters. The Kier molecular flexibility index (Phi) is 4.68. The summed E-state index contributed by atoms with van der Waals surface area (Å²) >= 11 is 0. The van der Waals surface area contributed by atoms with E-state index >= 15 is 0 Å². The highest BCUT2D eigenvalue weighted by atomic mass is 14.9. The molecule has 0 heterocycles. The minimum atomic E-state index is 0.666. The van der Waals surface area contributed by atoms with E-state index < -0.39 is 0 Å². The van der Waals surface area contributed by atoms with Gasteiger partial charge in [0.25, 0.3) is 0 Å². The van der Waals surface area contributed by atoms with Gasteiger partial charge >= 0.3 is 0 Å². The number of benzene rings is 1. The Morgan fingerprint density at radius 2 is 1.94 bits per heavy atom. The third kappa shape index (κ3) is 3.28. The third-order valence-corrected chi connectivity index (χ3v) is 4.31. The van der Waals surface area contributed by atoms with Crippen molar-refractivity contribution in [1.29, 1.82) is 0 Å². The summed E-state index contributed by atoms with van der Waals surface area (Å²) in [5.41, 5.74) is 2.84. The standard InChI is InChI=1S/C17H27N/c1-4-7-15-8-5-6-9-17(15)18-16-11-10-13(2)12-14(16)3/h5-6,8-9,13-14,16,18H,4,7,10-12H2,1-3H3. The van der Waals surface area contributed by atoms with Gasteiger partial charge in [0.2, 0.25) is 0 Å². The molecule has 0 aromatic heterocycles. The van der Waals surface area contributed by atoms with Gasteiger partial charge in [0.05, 0.1) is 0 Å². The lowest BCUT2D eigenvalue weighted by Crippen LogP contribution is -2.33. The molecule has 1 saturated carbocycles. The summed E-state index contributed by atoms with van der Waals surface area (Å²) in [6.07, 6.45) is 6.46. The fraction of sp³-hybridized carbons (Fsp3) is 0.647. The topological polar surface area (TPSA) is 12.0 Å². The SMILES string of the molecule is CCCc1ccccc1NC1CCC(C)CC1C. The van der Waals surface area contributed by atoms with Crippen LogP contribution in [0.4, 0.5) is 5.69 Å². The monoisotopic (exact) mass is 245 g/mol. The fourth-order valence-electron chi connectivity index (χ4n) is 3.23. The zero-order chi connectivity index (χ0) is 13.0. The first-order valence-electron chi connectivity index (χ1n) is 7.55. The van der Waals surface area contributed by atoms with Crippen LogP contribution in [0.3, 0.4) is 0 Å². The smallest absolute Gasteiger partial charge is 0.0374 e. The largest absolute Gasteiger partial charge is 0.382 e. The van der Waals surface area contributed by atoms with Crippen LogP contribution < -0.4 is 5.32 Å². The van der Waals surface area contributed by atoms with Crippen LogP contribution >= 0.6 is 0 Å². The summed E-state index contributed by atoms with van der Waals surface area (Å²) < 4.78 is 0. The number of hydrogen-bond acceptors (Lipinski definition) is 1. The summed E-state index contributed by atoms with van der Waals surface area (Å²) in [5, 5.41) is 3.80. The lowest BCUT2D eigenvalue weighted by Gasteiger charge is -2.34. The maximum Gasteiger partial charge on any atom is 0.0374 e. The first-order valence-corrected chi connectivity index (χ1v) is 7.55. The summed E-state index contributed by atoms with van der Waals surface area (Å²) in [7, 11) is 0. The Labute approximate surface area is 112 Å². The van der Waals surface area contributed by atoms with Gasteiger partial charge in [-0.05, 0) is 49.1 Å². The predicted molar refractivity (Wildman–Crippen MR) is 80.0 cm³/mol. The number of nitrogens with one attached hydrogen (secondary N) is 1. The molecule has 100 valence electrons.